The van der Waals surface area contributed by atoms with E-state index in [1.165, 1.54) is 16.7 Å². The molecule has 1 N–H and O–H groups in total. The second-order valence-electron chi connectivity index (χ2n) is 6.50. The van der Waals surface area contributed by atoms with E-state index in [9.17, 15) is 4.79 Å². The molecule has 1 amide bonds. The molecule has 0 bridgehead atoms. The number of nitrogens with one attached hydrogen (secondary N) is 1. The Kier molecular flexibility index (Phi) is 5.84. The Labute approximate surface area is 162 Å². The average Bonchev–Trinajstić information content (AvgIpc) is 3.21. The third-order valence-electron chi connectivity index (χ3n) is 3.78. The van der Waals surface area contributed by atoms with E-state index in [0.717, 1.165) is 15.8 Å². The van der Waals surface area contributed by atoms with Crippen LogP contribution in [0.15, 0.2) is 44.5 Å². The van der Waals surface area contributed by atoms with Gasteiger partial charge in [0.05, 0.1) is 11.4 Å². The molecule has 0 radical (unpaired) electrons. The topological polar surface area (TPSA) is 55.1 Å². The van der Waals surface area contributed by atoms with Crippen LogP contribution in [0.4, 0.5) is 0 Å². The number of nitrogens with zero attached hydrogens (tertiary/aromatic N) is 1. The summed E-state index contributed by atoms with van der Waals surface area (Å²) in [5.41, 5.74) is 4.67. The third-order valence-corrected chi connectivity index (χ3v) is 5.83. The van der Waals surface area contributed by atoms with Crippen LogP contribution in [0, 0.1) is 13.8 Å². The maximum Gasteiger partial charge on any atom is 0.287 e. The van der Waals surface area contributed by atoms with Gasteiger partial charge in [0.2, 0.25) is 0 Å². The Bertz CT molecular complexity index is 912. The fraction of sp³-hybridized carbons (Fsp3) is 0.300. The molecule has 0 saturated carbocycles. The summed E-state index contributed by atoms with van der Waals surface area (Å²) in [5, 5.41) is 4.91. The first-order chi connectivity index (χ1) is 12.4. The van der Waals surface area contributed by atoms with Crippen LogP contribution in [0.1, 0.15) is 41.3 Å². The first-order valence-electron chi connectivity index (χ1n) is 8.48. The molecule has 0 aliphatic rings. The summed E-state index contributed by atoms with van der Waals surface area (Å²) in [6, 6.07) is 10.1. The van der Waals surface area contributed by atoms with Crippen molar-refractivity contribution in [2.24, 2.45) is 0 Å². The van der Waals surface area contributed by atoms with Gasteiger partial charge in [-0.2, -0.15) is 0 Å². The van der Waals surface area contributed by atoms with Crippen LogP contribution in [0.2, 0.25) is 0 Å². The molecule has 0 aliphatic heterocycles. The van der Waals surface area contributed by atoms with Gasteiger partial charge in [-0.05, 0) is 45.4 Å². The third kappa shape index (κ3) is 4.56. The fourth-order valence-corrected chi connectivity index (χ4v) is 4.31. The molecule has 0 aliphatic carbocycles. The molecule has 3 rings (SSSR count). The summed E-state index contributed by atoms with van der Waals surface area (Å²) in [4.78, 5) is 16.7. The van der Waals surface area contributed by atoms with E-state index in [2.05, 4.69) is 42.7 Å². The molecule has 6 heteroatoms. The van der Waals surface area contributed by atoms with Crippen molar-refractivity contribution in [2.75, 3.05) is 0 Å². The molecule has 3 aromatic rings. The minimum absolute atomic E-state index is 0.0874. The summed E-state index contributed by atoms with van der Waals surface area (Å²) in [6.07, 6.45) is 0. The van der Waals surface area contributed by atoms with Gasteiger partial charge in [0.25, 0.3) is 5.91 Å². The van der Waals surface area contributed by atoms with Crippen molar-refractivity contribution in [3.05, 3.63) is 58.4 Å². The van der Waals surface area contributed by atoms with Gasteiger partial charge in [-0.15, -0.1) is 11.3 Å². The highest BCUT2D eigenvalue weighted by Crippen LogP contribution is 2.32. The Morgan fingerprint density at radius 1 is 1.27 bits per heavy atom. The molecule has 4 nitrogen and oxygen atoms in total. The minimum Gasteiger partial charge on any atom is -0.455 e. The van der Waals surface area contributed by atoms with Gasteiger partial charge >= 0.3 is 0 Å². The number of benzene rings is 1. The van der Waals surface area contributed by atoms with E-state index in [0.29, 0.717) is 11.5 Å². The number of aryl methyl sites for hydroxylation is 2. The molecule has 26 heavy (non-hydrogen) atoms. The molecule has 0 spiro atoms. The molecule has 0 saturated heterocycles. The highest BCUT2D eigenvalue weighted by atomic mass is 32.2. The lowest BCUT2D eigenvalue weighted by Crippen LogP contribution is -2.29. The lowest BCUT2D eigenvalue weighted by Gasteiger charge is -2.05. The van der Waals surface area contributed by atoms with Crippen molar-refractivity contribution in [3.63, 3.8) is 0 Å². The van der Waals surface area contributed by atoms with E-state index in [4.69, 9.17) is 9.40 Å². The minimum atomic E-state index is -0.178. The normalized spacial score (nSPS) is 11.1. The van der Waals surface area contributed by atoms with Crippen molar-refractivity contribution in [2.45, 2.75) is 43.8 Å². The summed E-state index contributed by atoms with van der Waals surface area (Å²) in [7, 11) is 0. The Balaban J connectivity index is 1.63. The highest BCUT2D eigenvalue weighted by Gasteiger charge is 2.13. The van der Waals surface area contributed by atoms with Crippen LogP contribution in [0.5, 0.6) is 0 Å². The predicted octanol–water partition coefficient (Wildman–Crippen LogP) is 5.45. The van der Waals surface area contributed by atoms with Crippen molar-refractivity contribution >= 4 is 29.0 Å². The Hall–Kier alpha value is -2.05. The largest absolute Gasteiger partial charge is 0.455 e. The van der Waals surface area contributed by atoms with Gasteiger partial charge in [-0.25, -0.2) is 4.98 Å². The number of furan rings is 1. The lowest BCUT2D eigenvalue weighted by atomic mass is 10.0. The standard InChI is InChI=1S/C20H22N2O2S2/c1-12(2)21-19(23)18-8-6-15(24-18)10-25-20-22-17(11-26-20)16-7-5-13(3)9-14(16)4/h5-9,11-12H,10H2,1-4H3,(H,21,23). The van der Waals surface area contributed by atoms with Crippen LogP contribution in [-0.2, 0) is 5.75 Å². The molecule has 1 aromatic carbocycles. The highest BCUT2D eigenvalue weighted by molar-refractivity contribution is 8.00. The van der Waals surface area contributed by atoms with E-state index < -0.39 is 0 Å². The van der Waals surface area contributed by atoms with Gasteiger partial charge in [0.1, 0.15) is 5.76 Å². The van der Waals surface area contributed by atoms with E-state index in [1.54, 1.807) is 29.2 Å². The Morgan fingerprint density at radius 2 is 2.08 bits per heavy atom. The number of thioether (sulfide) groups is 1. The summed E-state index contributed by atoms with van der Waals surface area (Å²) < 4.78 is 6.63. The van der Waals surface area contributed by atoms with Gasteiger partial charge in [-0.3, -0.25) is 4.79 Å². The van der Waals surface area contributed by atoms with Crippen LogP contribution in [0.25, 0.3) is 11.3 Å². The molecule has 0 unspecified atom stereocenters. The second-order valence-corrected chi connectivity index (χ2v) is 8.58. The molecule has 136 valence electrons. The summed E-state index contributed by atoms with van der Waals surface area (Å²) in [5.74, 6) is 1.59. The van der Waals surface area contributed by atoms with Gasteiger partial charge in [0, 0.05) is 17.0 Å². The molecule has 2 heterocycles. The van der Waals surface area contributed by atoms with E-state index in [-0.39, 0.29) is 11.9 Å². The monoisotopic (exact) mass is 386 g/mol. The number of hydrogen-bond donors (Lipinski definition) is 1. The van der Waals surface area contributed by atoms with Crippen LogP contribution in [0.3, 0.4) is 0 Å². The quantitative estimate of drug-likeness (QED) is 0.572. The maximum absolute atomic E-state index is 11.9. The van der Waals surface area contributed by atoms with Gasteiger partial charge in [0.15, 0.2) is 10.1 Å². The van der Waals surface area contributed by atoms with Crippen LogP contribution < -0.4 is 5.32 Å². The van der Waals surface area contributed by atoms with Crippen molar-refractivity contribution in [1.82, 2.24) is 10.3 Å². The van der Waals surface area contributed by atoms with Gasteiger partial charge in [-0.1, -0.05) is 35.5 Å². The SMILES string of the molecule is Cc1ccc(-c2csc(SCc3ccc(C(=O)NC(C)C)o3)n2)c(C)c1. The summed E-state index contributed by atoms with van der Waals surface area (Å²) in [6.45, 7) is 8.06. The molecule has 0 fully saturated rings. The zero-order valence-corrected chi connectivity index (χ0v) is 17.0. The predicted molar refractivity (Wildman–Crippen MR) is 108 cm³/mol. The maximum atomic E-state index is 11.9. The van der Waals surface area contributed by atoms with Crippen molar-refractivity contribution < 1.29 is 9.21 Å². The second kappa shape index (κ2) is 8.10. The van der Waals surface area contributed by atoms with Gasteiger partial charge < -0.3 is 9.73 Å². The van der Waals surface area contributed by atoms with Crippen molar-refractivity contribution in [1.29, 1.82) is 0 Å². The number of carbonyl (C=O) groups is 1. The fourth-order valence-electron chi connectivity index (χ4n) is 2.59. The first-order valence-corrected chi connectivity index (χ1v) is 10.3. The molecular formula is C20H22N2O2S2. The number of amides is 1. The molecule has 2 aromatic heterocycles. The number of thiazole rings is 1. The van der Waals surface area contributed by atoms with Crippen molar-refractivity contribution in [3.8, 4) is 11.3 Å². The molecule has 0 atom stereocenters. The van der Waals surface area contributed by atoms with Crippen LogP contribution in [-0.4, -0.2) is 16.9 Å². The number of hydrogen-bond acceptors (Lipinski definition) is 5. The zero-order valence-electron chi connectivity index (χ0n) is 15.3. The zero-order chi connectivity index (χ0) is 18.7. The first kappa shape index (κ1) is 18.7. The molecular weight excluding hydrogens is 364 g/mol. The smallest absolute Gasteiger partial charge is 0.287 e. The Morgan fingerprint density at radius 3 is 2.81 bits per heavy atom. The number of rotatable bonds is 6. The number of carbonyl (C=O) groups excluding carboxylic acids is 1. The van der Waals surface area contributed by atoms with E-state index >= 15 is 0 Å². The average molecular weight is 387 g/mol. The summed E-state index contributed by atoms with van der Waals surface area (Å²) >= 11 is 3.25. The van der Waals surface area contributed by atoms with E-state index in [1.807, 2.05) is 19.9 Å². The van der Waals surface area contributed by atoms with Crippen LogP contribution >= 0.6 is 23.1 Å². The number of aromatic nitrogens is 1. The lowest BCUT2D eigenvalue weighted by molar-refractivity contribution is 0.0914.